The molecule has 0 fully saturated rings. The average Bonchev–Trinajstić information content (AvgIpc) is 2.92. The van der Waals surface area contributed by atoms with Crippen LogP contribution in [0.1, 0.15) is 56.4 Å². The number of hydrogen-bond donors (Lipinski definition) is 2. The summed E-state index contributed by atoms with van der Waals surface area (Å²) in [6.07, 6.45) is 0. The summed E-state index contributed by atoms with van der Waals surface area (Å²) in [4.78, 5) is 12.9. The molecule has 0 atom stereocenters. The van der Waals surface area contributed by atoms with Crippen LogP contribution in [-0.4, -0.2) is 46.6 Å². The number of phenolic OH excluding ortho intramolecular Hbond substituents is 1. The highest BCUT2D eigenvalue weighted by Gasteiger charge is 2.26. The molecular formula is C20H30N4O4S. The van der Waals surface area contributed by atoms with E-state index in [1.807, 2.05) is 20.8 Å². The van der Waals surface area contributed by atoms with Crippen molar-refractivity contribution in [1.82, 2.24) is 14.1 Å². The number of amides is 1. The van der Waals surface area contributed by atoms with Gasteiger partial charge in [0.05, 0.1) is 27.4 Å². The van der Waals surface area contributed by atoms with Crippen molar-refractivity contribution in [1.29, 1.82) is 0 Å². The minimum absolute atomic E-state index is 0.00753. The number of aryl methyl sites for hydroxylation is 1. The third-order valence-electron chi connectivity index (χ3n) is 4.71. The molecule has 0 saturated carbocycles. The van der Waals surface area contributed by atoms with E-state index in [2.05, 4.69) is 10.4 Å². The molecule has 2 rings (SSSR count). The maximum absolute atomic E-state index is 12.9. The van der Waals surface area contributed by atoms with Gasteiger partial charge in [0.25, 0.3) is 5.91 Å². The maximum atomic E-state index is 12.9. The number of nitrogens with one attached hydrogen (secondary N) is 1. The van der Waals surface area contributed by atoms with Crippen LogP contribution in [0.3, 0.4) is 0 Å². The lowest BCUT2D eigenvalue weighted by Crippen LogP contribution is -2.30. The van der Waals surface area contributed by atoms with Crippen LogP contribution in [0.15, 0.2) is 23.1 Å². The lowest BCUT2D eigenvalue weighted by molar-refractivity contribution is 0.102. The molecule has 0 radical (unpaired) electrons. The Morgan fingerprint density at radius 1 is 1.21 bits per heavy atom. The number of nitrogens with zero attached hydrogens (tertiary/aromatic N) is 3. The van der Waals surface area contributed by atoms with Gasteiger partial charge in [0.15, 0.2) is 0 Å². The van der Waals surface area contributed by atoms with Crippen LogP contribution in [-0.2, 0) is 15.6 Å². The highest BCUT2D eigenvalue weighted by Crippen LogP contribution is 2.29. The van der Waals surface area contributed by atoms with Gasteiger partial charge in [-0.3, -0.25) is 9.48 Å². The van der Waals surface area contributed by atoms with E-state index in [1.54, 1.807) is 32.4 Å². The number of rotatable bonds is 6. The summed E-state index contributed by atoms with van der Waals surface area (Å²) < 4.78 is 28.6. The number of hydrogen-bond acceptors (Lipinski definition) is 5. The van der Waals surface area contributed by atoms with Crippen LogP contribution < -0.4 is 5.32 Å². The fraction of sp³-hybridized carbons (Fsp3) is 0.500. The van der Waals surface area contributed by atoms with Crippen molar-refractivity contribution in [3.8, 4) is 5.75 Å². The van der Waals surface area contributed by atoms with Crippen LogP contribution in [0.25, 0.3) is 0 Å². The minimum atomic E-state index is -3.72. The number of carbonyl (C=O) groups excluding carboxylic acids is 1. The highest BCUT2D eigenvalue weighted by molar-refractivity contribution is 7.89. The zero-order valence-corrected chi connectivity index (χ0v) is 18.9. The molecule has 0 aliphatic heterocycles. The predicted molar refractivity (Wildman–Crippen MR) is 113 cm³/mol. The summed E-state index contributed by atoms with van der Waals surface area (Å²) >= 11 is 0. The third kappa shape index (κ3) is 4.45. The van der Waals surface area contributed by atoms with Crippen molar-refractivity contribution < 1.29 is 18.3 Å². The van der Waals surface area contributed by atoms with Gasteiger partial charge in [-0.25, -0.2) is 8.42 Å². The molecular weight excluding hydrogens is 392 g/mol. The van der Waals surface area contributed by atoms with Gasteiger partial charge < -0.3 is 10.4 Å². The van der Waals surface area contributed by atoms with Gasteiger partial charge >= 0.3 is 0 Å². The summed E-state index contributed by atoms with van der Waals surface area (Å²) in [6.45, 7) is 13.7. The predicted octanol–water partition coefficient (Wildman–Crippen LogP) is 3.24. The van der Waals surface area contributed by atoms with E-state index in [0.29, 0.717) is 30.0 Å². The Bertz CT molecular complexity index is 1020. The Morgan fingerprint density at radius 2 is 1.79 bits per heavy atom. The second kappa shape index (κ2) is 8.16. The first kappa shape index (κ1) is 22.9. The number of benzene rings is 1. The summed E-state index contributed by atoms with van der Waals surface area (Å²) in [5, 5.41) is 17.3. The number of aromatic hydroxyl groups is 1. The largest absolute Gasteiger partial charge is 0.506 e. The molecule has 2 N–H and O–H groups in total. The first-order valence-electron chi connectivity index (χ1n) is 9.55. The molecule has 8 nitrogen and oxygen atoms in total. The van der Waals surface area contributed by atoms with Gasteiger partial charge in [-0.05, 0) is 52.8 Å². The van der Waals surface area contributed by atoms with Crippen LogP contribution in [0.5, 0.6) is 5.75 Å². The van der Waals surface area contributed by atoms with E-state index in [4.69, 9.17) is 0 Å². The normalized spacial score (nSPS) is 12.4. The molecule has 0 saturated heterocycles. The smallest absolute Gasteiger partial charge is 0.259 e. The number of sulfonamides is 1. The monoisotopic (exact) mass is 422 g/mol. The Labute approximate surface area is 172 Å². The fourth-order valence-corrected chi connectivity index (χ4v) is 4.78. The van der Waals surface area contributed by atoms with Crippen LogP contribution in [0, 0.1) is 13.8 Å². The quantitative estimate of drug-likeness (QED) is 0.696. The first-order valence-corrected chi connectivity index (χ1v) is 11.0. The molecule has 1 amide bonds. The van der Waals surface area contributed by atoms with Crippen molar-refractivity contribution >= 4 is 21.6 Å². The molecule has 0 aliphatic carbocycles. The van der Waals surface area contributed by atoms with Crippen molar-refractivity contribution in [2.75, 3.05) is 18.4 Å². The molecule has 2 aromatic rings. The first-order chi connectivity index (χ1) is 13.3. The number of phenols is 1. The van der Waals surface area contributed by atoms with E-state index >= 15 is 0 Å². The van der Waals surface area contributed by atoms with Crippen molar-refractivity contribution in [2.45, 2.75) is 58.9 Å². The zero-order valence-electron chi connectivity index (χ0n) is 18.1. The Morgan fingerprint density at radius 3 is 2.28 bits per heavy atom. The van der Waals surface area contributed by atoms with E-state index in [1.165, 1.54) is 22.5 Å². The summed E-state index contributed by atoms with van der Waals surface area (Å²) in [7, 11) is -3.72. The van der Waals surface area contributed by atoms with Gasteiger partial charge in [0.2, 0.25) is 10.0 Å². The summed E-state index contributed by atoms with van der Waals surface area (Å²) in [5.74, 6) is -0.668. The van der Waals surface area contributed by atoms with Gasteiger partial charge in [-0.15, -0.1) is 0 Å². The molecule has 0 aliphatic rings. The molecule has 0 bridgehead atoms. The molecule has 160 valence electrons. The highest BCUT2D eigenvalue weighted by atomic mass is 32.2. The summed E-state index contributed by atoms with van der Waals surface area (Å²) in [6, 6.07) is 3.87. The Kier molecular flexibility index (Phi) is 6.44. The van der Waals surface area contributed by atoms with Crippen molar-refractivity contribution in [2.24, 2.45) is 0 Å². The molecule has 1 heterocycles. The van der Waals surface area contributed by atoms with Crippen LogP contribution in [0.2, 0.25) is 0 Å². The summed E-state index contributed by atoms with van der Waals surface area (Å²) in [5.41, 5.74) is 1.38. The number of aromatic nitrogens is 2. The van der Waals surface area contributed by atoms with Gasteiger partial charge in [-0.1, -0.05) is 13.8 Å². The van der Waals surface area contributed by atoms with E-state index in [9.17, 15) is 18.3 Å². The number of carbonyl (C=O) groups is 1. The topological polar surface area (TPSA) is 105 Å². The van der Waals surface area contributed by atoms with Crippen molar-refractivity contribution in [3.63, 3.8) is 0 Å². The SMILES string of the molecule is CCN(CC)S(=O)(=O)c1ccc(O)c(NC(=O)c2c(C)nn(C(C)(C)C)c2C)c1. The van der Waals surface area contributed by atoms with E-state index in [-0.39, 0.29) is 21.9 Å². The molecule has 0 unspecified atom stereocenters. The maximum Gasteiger partial charge on any atom is 0.259 e. The lowest BCUT2D eigenvalue weighted by atomic mass is 10.1. The van der Waals surface area contributed by atoms with Gasteiger partial charge in [-0.2, -0.15) is 9.40 Å². The standard InChI is InChI=1S/C20H30N4O4S/c1-8-23(9-2)29(27,28)15-10-11-17(25)16(12-15)21-19(26)18-13(3)22-24(14(18)4)20(5,6)7/h10-12,25H,8-9H2,1-7H3,(H,21,26). The minimum Gasteiger partial charge on any atom is -0.506 e. The molecule has 1 aromatic heterocycles. The molecule has 1 aromatic carbocycles. The van der Waals surface area contributed by atoms with Crippen LogP contribution in [0.4, 0.5) is 5.69 Å². The second-order valence-corrected chi connectivity index (χ2v) is 9.79. The molecule has 29 heavy (non-hydrogen) atoms. The molecule has 9 heteroatoms. The second-order valence-electron chi connectivity index (χ2n) is 7.85. The Balaban J connectivity index is 2.44. The third-order valence-corrected chi connectivity index (χ3v) is 6.76. The fourth-order valence-electron chi connectivity index (χ4n) is 3.30. The zero-order chi connectivity index (χ0) is 22.1. The molecule has 0 spiro atoms. The average molecular weight is 423 g/mol. The lowest BCUT2D eigenvalue weighted by Gasteiger charge is -2.21. The van der Waals surface area contributed by atoms with Gasteiger partial charge in [0.1, 0.15) is 5.75 Å². The number of anilines is 1. The van der Waals surface area contributed by atoms with Crippen LogP contribution >= 0.6 is 0 Å². The van der Waals surface area contributed by atoms with E-state index < -0.39 is 15.9 Å². The Hall–Kier alpha value is -2.39. The van der Waals surface area contributed by atoms with E-state index in [0.717, 1.165) is 0 Å². The van der Waals surface area contributed by atoms with Crippen molar-refractivity contribution in [3.05, 3.63) is 35.2 Å². The van der Waals surface area contributed by atoms with Gasteiger partial charge in [0, 0.05) is 18.8 Å².